The number of hydrogen-bond donors (Lipinski definition) is 1. The number of hydrogen-bond acceptors (Lipinski definition) is 3. The molecular formula is C6H11NO2. The molecule has 0 aromatic carbocycles. The van der Waals surface area contributed by atoms with Gasteiger partial charge in [0, 0.05) is 0 Å². The summed E-state index contributed by atoms with van der Waals surface area (Å²) in [5.74, 6) is -0.444. The minimum absolute atomic E-state index is 0.164. The van der Waals surface area contributed by atoms with Crippen molar-refractivity contribution in [3.63, 3.8) is 0 Å². The monoisotopic (exact) mass is 129 g/mol. The van der Waals surface area contributed by atoms with Gasteiger partial charge in [-0.15, -0.1) is 0 Å². The van der Waals surface area contributed by atoms with E-state index in [-0.39, 0.29) is 5.70 Å². The predicted octanol–water partition coefficient (Wildman–Crippen LogP) is 0.412. The Kier molecular flexibility index (Phi) is 3.51. The van der Waals surface area contributed by atoms with Gasteiger partial charge in [0.05, 0.1) is 6.61 Å². The van der Waals surface area contributed by atoms with Gasteiger partial charge in [-0.25, -0.2) is 4.79 Å². The van der Waals surface area contributed by atoms with Crippen LogP contribution in [-0.2, 0) is 9.53 Å². The summed E-state index contributed by atoms with van der Waals surface area (Å²) >= 11 is 0. The molecule has 52 valence electrons. The summed E-state index contributed by atoms with van der Waals surface area (Å²) in [6.07, 6.45) is 1.51. The molecule has 2 N–H and O–H groups in total. The average molecular weight is 129 g/mol. The van der Waals surface area contributed by atoms with E-state index in [9.17, 15) is 4.79 Å². The Morgan fingerprint density at radius 2 is 2.33 bits per heavy atom. The summed E-state index contributed by atoms with van der Waals surface area (Å²) in [7, 11) is 0. The zero-order valence-electron chi connectivity index (χ0n) is 5.68. The van der Waals surface area contributed by atoms with Gasteiger partial charge in [0.2, 0.25) is 0 Å². The lowest BCUT2D eigenvalue weighted by Crippen LogP contribution is -2.13. The van der Waals surface area contributed by atoms with Crippen LogP contribution in [0.3, 0.4) is 0 Å². The first kappa shape index (κ1) is 8.01. The fourth-order valence-electron chi connectivity index (χ4n) is 0.332. The van der Waals surface area contributed by atoms with Crippen LogP contribution in [0.5, 0.6) is 0 Å². The van der Waals surface area contributed by atoms with Gasteiger partial charge in [-0.2, -0.15) is 0 Å². The van der Waals surface area contributed by atoms with Crippen LogP contribution in [0, 0.1) is 0 Å². The normalized spacial score (nSPS) is 11.1. The molecule has 0 radical (unpaired) electrons. The lowest BCUT2D eigenvalue weighted by Gasteiger charge is -1.98. The van der Waals surface area contributed by atoms with Gasteiger partial charge in [-0.05, 0) is 13.8 Å². The Hall–Kier alpha value is -0.990. The first-order valence-corrected chi connectivity index (χ1v) is 2.81. The van der Waals surface area contributed by atoms with Crippen molar-refractivity contribution >= 4 is 5.97 Å². The van der Waals surface area contributed by atoms with Crippen molar-refractivity contribution in [3.05, 3.63) is 11.8 Å². The Labute approximate surface area is 54.5 Å². The standard InChI is InChI=1S/C6H11NO2/c1-3-5(7)6(8)9-4-2/h3H,4,7H2,1-2H3/b5-3+. The lowest BCUT2D eigenvalue weighted by molar-refractivity contribution is -0.138. The molecule has 0 spiro atoms. The summed E-state index contributed by atoms with van der Waals surface area (Å²) < 4.78 is 4.56. The van der Waals surface area contributed by atoms with Gasteiger partial charge in [0.15, 0.2) is 0 Å². The van der Waals surface area contributed by atoms with Gasteiger partial charge in [0.1, 0.15) is 5.70 Å². The van der Waals surface area contributed by atoms with E-state index in [0.717, 1.165) is 0 Å². The second-order valence-corrected chi connectivity index (χ2v) is 1.46. The predicted molar refractivity (Wildman–Crippen MR) is 34.6 cm³/mol. The van der Waals surface area contributed by atoms with Crippen LogP contribution in [0.1, 0.15) is 13.8 Å². The van der Waals surface area contributed by atoms with E-state index in [1.807, 2.05) is 0 Å². The van der Waals surface area contributed by atoms with Gasteiger partial charge < -0.3 is 10.5 Å². The summed E-state index contributed by atoms with van der Waals surface area (Å²) in [5, 5.41) is 0. The van der Waals surface area contributed by atoms with Gasteiger partial charge in [0.25, 0.3) is 0 Å². The molecule has 0 amide bonds. The second-order valence-electron chi connectivity index (χ2n) is 1.46. The lowest BCUT2D eigenvalue weighted by atomic mass is 10.4. The second kappa shape index (κ2) is 3.95. The third-order valence-corrected chi connectivity index (χ3v) is 0.822. The molecule has 0 aliphatic heterocycles. The molecule has 0 saturated carbocycles. The van der Waals surface area contributed by atoms with E-state index in [2.05, 4.69) is 4.74 Å². The molecule has 3 heteroatoms. The van der Waals surface area contributed by atoms with Crippen LogP contribution >= 0.6 is 0 Å². The number of esters is 1. The van der Waals surface area contributed by atoms with Gasteiger partial charge in [-0.1, -0.05) is 6.08 Å². The molecule has 0 heterocycles. The van der Waals surface area contributed by atoms with Crippen molar-refractivity contribution in [2.75, 3.05) is 6.61 Å². The first-order chi connectivity index (χ1) is 4.22. The van der Waals surface area contributed by atoms with E-state index in [4.69, 9.17) is 5.73 Å². The summed E-state index contributed by atoms with van der Waals surface area (Å²) in [6.45, 7) is 3.79. The Morgan fingerprint density at radius 3 is 2.67 bits per heavy atom. The number of ether oxygens (including phenoxy) is 1. The topological polar surface area (TPSA) is 52.3 Å². The number of nitrogens with two attached hydrogens (primary N) is 1. The van der Waals surface area contributed by atoms with Crippen LogP contribution in [0.15, 0.2) is 11.8 Å². The molecule has 0 unspecified atom stereocenters. The van der Waals surface area contributed by atoms with Gasteiger partial charge in [-0.3, -0.25) is 0 Å². The molecule has 0 aliphatic rings. The number of allylic oxidation sites excluding steroid dienone is 1. The molecule has 3 nitrogen and oxygen atoms in total. The zero-order valence-corrected chi connectivity index (χ0v) is 5.68. The molecule has 0 aromatic heterocycles. The Bertz CT molecular complexity index is 129. The number of rotatable bonds is 2. The molecule has 0 aliphatic carbocycles. The molecular weight excluding hydrogens is 118 g/mol. The first-order valence-electron chi connectivity index (χ1n) is 2.81. The highest BCUT2D eigenvalue weighted by atomic mass is 16.5. The molecule has 0 atom stereocenters. The van der Waals surface area contributed by atoms with Crippen molar-refractivity contribution in [3.8, 4) is 0 Å². The van der Waals surface area contributed by atoms with Gasteiger partial charge >= 0.3 is 5.97 Å². The molecule has 9 heavy (non-hydrogen) atoms. The maximum absolute atomic E-state index is 10.6. The quantitative estimate of drug-likeness (QED) is 0.434. The molecule has 0 aromatic rings. The van der Waals surface area contributed by atoms with E-state index < -0.39 is 5.97 Å². The third kappa shape index (κ3) is 2.74. The van der Waals surface area contributed by atoms with Crippen molar-refractivity contribution in [1.29, 1.82) is 0 Å². The van der Waals surface area contributed by atoms with Crippen molar-refractivity contribution < 1.29 is 9.53 Å². The zero-order chi connectivity index (χ0) is 7.28. The molecule has 0 rings (SSSR count). The van der Waals surface area contributed by atoms with Crippen LogP contribution in [0.4, 0.5) is 0 Å². The maximum atomic E-state index is 10.6. The summed E-state index contributed by atoms with van der Waals surface area (Å²) in [4.78, 5) is 10.6. The number of carbonyl (C=O) groups excluding carboxylic acids is 1. The van der Waals surface area contributed by atoms with Crippen molar-refractivity contribution in [1.82, 2.24) is 0 Å². The van der Waals surface area contributed by atoms with E-state index in [0.29, 0.717) is 6.61 Å². The van der Waals surface area contributed by atoms with E-state index in [1.165, 1.54) is 6.08 Å². The maximum Gasteiger partial charge on any atom is 0.353 e. The highest BCUT2D eigenvalue weighted by Crippen LogP contribution is 1.87. The highest BCUT2D eigenvalue weighted by molar-refractivity contribution is 5.87. The third-order valence-electron chi connectivity index (χ3n) is 0.822. The van der Waals surface area contributed by atoms with E-state index >= 15 is 0 Å². The van der Waals surface area contributed by atoms with Crippen LogP contribution in [0.25, 0.3) is 0 Å². The smallest absolute Gasteiger partial charge is 0.353 e. The highest BCUT2D eigenvalue weighted by Gasteiger charge is 2.01. The van der Waals surface area contributed by atoms with Crippen molar-refractivity contribution in [2.45, 2.75) is 13.8 Å². The fraction of sp³-hybridized carbons (Fsp3) is 0.500. The molecule has 0 bridgehead atoms. The van der Waals surface area contributed by atoms with E-state index in [1.54, 1.807) is 13.8 Å². The Morgan fingerprint density at radius 1 is 1.78 bits per heavy atom. The molecule has 0 fully saturated rings. The minimum Gasteiger partial charge on any atom is -0.461 e. The average Bonchev–Trinajstić information content (AvgIpc) is 1.87. The fourth-order valence-corrected chi connectivity index (χ4v) is 0.332. The largest absolute Gasteiger partial charge is 0.461 e. The van der Waals surface area contributed by atoms with Crippen LogP contribution in [-0.4, -0.2) is 12.6 Å². The summed E-state index contributed by atoms with van der Waals surface area (Å²) in [5.41, 5.74) is 5.35. The van der Waals surface area contributed by atoms with Crippen molar-refractivity contribution in [2.24, 2.45) is 5.73 Å². The Balaban J connectivity index is 3.74. The SMILES string of the molecule is C/C=C(/N)C(=O)OCC. The van der Waals surface area contributed by atoms with Crippen LogP contribution < -0.4 is 5.73 Å². The molecule has 0 saturated heterocycles. The van der Waals surface area contributed by atoms with Crippen LogP contribution in [0.2, 0.25) is 0 Å². The number of carbonyl (C=O) groups is 1. The minimum atomic E-state index is -0.444. The summed E-state index contributed by atoms with van der Waals surface area (Å²) in [6, 6.07) is 0.